The predicted octanol–water partition coefficient (Wildman–Crippen LogP) is 3.61. The first-order valence-electron chi connectivity index (χ1n) is 6.12. The molecular formula is C16H12O3S. The Kier molecular flexibility index (Phi) is 3.04. The molecule has 0 saturated carbocycles. The van der Waals surface area contributed by atoms with E-state index in [2.05, 4.69) is 0 Å². The summed E-state index contributed by atoms with van der Waals surface area (Å²) in [5, 5.41) is 0. The van der Waals surface area contributed by atoms with E-state index < -0.39 is 10.1 Å². The lowest BCUT2D eigenvalue weighted by molar-refractivity contribution is 0.496. The summed E-state index contributed by atoms with van der Waals surface area (Å²) >= 11 is 0. The second kappa shape index (κ2) is 4.74. The number of hydrogen-bond acceptors (Lipinski definition) is 2. The number of allylic oxidation sites excluding steroid dienone is 2. The summed E-state index contributed by atoms with van der Waals surface area (Å²) in [6.07, 6.45) is 4.89. The van der Waals surface area contributed by atoms with E-state index in [0.717, 1.165) is 16.7 Å². The zero-order valence-corrected chi connectivity index (χ0v) is 11.3. The SMILES string of the molecule is O=S(=O)(O)C1=C/C=C\c2ccccc2-c2ccccc21. The maximum absolute atomic E-state index is 11.6. The molecule has 0 aromatic heterocycles. The first-order chi connectivity index (χ1) is 9.57. The van der Waals surface area contributed by atoms with Gasteiger partial charge in [0.15, 0.2) is 0 Å². The van der Waals surface area contributed by atoms with Crippen molar-refractivity contribution in [3.8, 4) is 11.1 Å². The summed E-state index contributed by atoms with van der Waals surface area (Å²) in [7, 11) is -4.27. The van der Waals surface area contributed by atoms with Crippen LogP contribution in [0, 0.1) is 0 Å². The summed E-state index contributed by atoms with van der Waals surface area (Å²) in [5.74, 6) is 0. The molecule has 0 spiro atoms. The summed E-state index contributed by atoms with van der Waals surface area (Å²) in [6, 6.07) is 14.9. The van der Waals surface area contributed by atoms with E-state index in [1.54, 1.807) is 18.2 Å². The van der Waals surface area contributed by atoms with Crippen molar-refractivity contribution in [3.63, 3.8) is 0 Å². The highest BCUT2D eigenvalue weighted by molar-refractivity contribution is 7.95. The molecule has 0 heterocycles. The van der Waals surface area contributed by atoms with E-state index in [9.17, 15) is 13.0 Å². The molecular weight excluding hydrogens is 272 g/mol. The molecule has 3 nitrogen and oxygen atoms in total. The molecule has 2 aromatic carbocycles. The minimum Gasteiger partial charge on any atom is -0.282 e. The molecule has 0 unspecified atom stereocenters. The molecule has 3 rings (SSSR count). The summed E-state index contributed by atoms with van der Waals surface area (Å²) in [4.78, 5) is -0.0844. The van der Waals surface area contributed by atoms with E-state index in [0.29, 0.717) is 5.56 Å². The van der Waals surface area contributed by atoms with Crippen LogP contribution in [0.25, 0.3) is 22.1 Å². The van der Waals surface area contributed by atoms with Crippen molar-refractivity contribution < 1.29 is 13.0 Å². The molecule has 4 heteroatoms. The van der Waals surface area contributed by atoms with Crippen molar-refractivity contribution >= 4 is 21.1 Å². The van der Waals surface area contributed by atoms with Crippen LogP contribution in [-0.2, 0) is 10.1 Å². The molecule has 0 amide bonds. The molecule has 1 N–H and O–H groups in total. The van der Waals surface area contributed by atoms with Gasteiger partial charge in [-0.3, -0.25) is 4.55 Å². The van der Waals surface area contributed by atoms with Crippen LogP contribution in [0.1, 0.15) is 11.1 Å². The van der Waals surface area contributed by atoms with E-state index in [1.807, 2.05) is 42.5 Å². The summed E-state index contributed by atoms with van der Waals surface area (Å²) in [6.45, 7) is 0. The van der Waals surface area contributed by atoms with Crippen LogP contribution in [0.5, 0.6) is 0 Å². The molecule has 1 aliphatic rings. The van der Waals surface area contributed by atoms with Crippen molar-refractivity contribution in [3.05, 3.63) is 71.8 Å². The summed E-state index contributed by atoms with van der Waals surface area (Å²) < 4.78 is 32.6. The third-order valence-corrected chi connectivity index (χ3v) is 4.16. The van der Waals surface area contributed by atoms with Crippen molar-refractivity contribution in [1.29, 1.82) is 0 Å². The van der Waals surface area contributed by atoms with Gasteiger partial charge < -0.3 is 0 Å². The second-order valence-corrected chi connectivity index (χ2v) is 5.89. The molecule has 2 aromatic rings. The van der Waals surface area contributed by atoms with Crippen molar-refractivity contribution in [1.82, 2.24) is 0 Å². The molecule has 1 aliphatic carbocycles. The lowest BCUT2D eigenvalue weighted by atomic mass is 9.93. The zero-order chi connectivity index (χ0) is 14.2. The first kappa shape index (κ1) is 12.8. The Morgan fingerprint density at radius 2 is 1.40 bits per heavy atom. The van der Waals surface area contributed by atoms with E-state index in [-0.39, 0.29) is 4.91 Å². The van der Waals surface area contributed by atoms with E-state index in [1.165, 1.54) is 6.08 Å². The maximum Gasteiger partial charge on any atom is 0.295 e. The van der Waals surface area contributed by atoms with Crippen LogP contribution >= 0.6 is 0 Å². The fraction of sp³-hybridized carbons (Fsp3) is 0. The molecule has 0 aliphatic heterocycles. The lowest BCUT2D eigenvalue weighted by Crippen LogP contribution is -2.03. The van der Waals surface area contributed by atoms with Crippen molar-refractivity contribution in [2.45, 2.75) is 0 Å². The Labute approximate surface area is 117 Å². The van der Waals surface area contributed by atoms with Gasteiger partial charge in [-0.15, -0.1) is 0 Å². The average molecular weight is 284 g/mol. The molecule has 100 valence electrons. The second-order valence-electron chi connectivity index (χ2n) is 4.50. The quantitative estimate of drug-likeness (QED) is 0.814. The van der Waals surface area contributed by atoms with Gasteiger partial charge in [0.05, 0.1) is 0 Å². The number of hydrogen-bond donors (Lipinski definition) is 1. The number of fused-ring (bicyclic) bond motifs is 3. The monoisotopic (exact) mass is 284 g/mol. The van der Waals surface area contributed by atoms with Gasteiger partial charge >= 0.3 is 0 Å². The Morgan fingerprint density at radius 3 is 2.10 bits per heavy atom. The van der Waals surface area contributed by atoms with Gasteiger partial charge in [0.2, 0.25) is 0 Å². The zero-order valence-electron chi connectivity index (χ0n) is 10.5. The minimum absolute atomic E-state index is 0.0844. The molecule has 20 heavy (non-hydrogen) atoms. The molecule has 0 atom stereocenters. The van der Waals surface area contributed by atoms with Gasteiger partial charge in [-0.25, -0.2) is 0 Å². The predicted molar refractivity (Wildman–Crippen MR) is 80.4 cm³/mol. The van der Waals surface area contributed by atoms with Gasteiger partial charge in [0.25, 0.3) is 10.1 Å². The van der Waals surface area contributed by atoms with Crippen molar-refractivity contribution in [2.24, 2.45) is 0 Å². The van der Waals surface area contributed by atoms with Crippen LogP contribution in [0.15, 0.2) is 60.7 Å². The van der Waals surface area contributed by atoms with E-state index >= 15 is 0 Å². The molecule has 0 saturated heterocycles. The van der Waals surface area contributed by atoms with Crippen LogP contribution in [0.3, 0.4) is 0 Å². The van der Waals surface area contributed by atoms with Crippen LogP contribution in [0.2, 0.25) is 0 Å². The van der Waals surface area contributed by atoms with Crippen molar-refractivity contribution in [2.75, 3.05) is 0 Å². The highest BCUT2D eigenvalue weighted by Crippen LogP contribution is 2.35. The van der Waals surface area contributed by atoms with Gasteiger partial charge in [-0.05, 0) is 22.8 Å². The van der Waals surface area contributed by atoms with E-state index in [4.69, 9.17) is 0 Å². The smallest absolute Gasteiger partial charge is 0.282 e. The summed E-state index contributed by atoms with van der Waals surface area (Å²) in [5.41, 5.74) is 3.24. The van der Waals surface area contributed by atoms with Gasteiger partial charge in [-0.1, -0.05) is 60.7 Å². The minimum atomic E-state index is -4.27. The fourth-order valence-corrected chi connectivity index (χ4v) is 3.08. The van der Waals surface area contributed by atoms with Crippen LogP contribution in [0.4, 0.5) is 0 Å². The Hall–Kier alpha value is -2.17. The number of benzene rings is 2. The Bertz CT molecular complexity index is 830. The maximum atomic E-state index is 11.6. The normalized spacial score (nSPS) is 15.3. The Balaban J connectivity index is 2.39. The Morgan fingerprint density at radius 1 is 0.800 bits per heavy atom. The molecule has 0 radical (unpaired) electrons. The third-order valence-electron chi connectivity index (χ3n) is 3.24. The van der Waals surface area contributed by atoms with Crippen LogP contribution in [-0.4, -0.2) is 13.0 Å². The average Bonchev–Trinajstić information content (AvgIpc) is 2.40. The fourth-order valence-electron chi connectivity index (χ4n) is 2.37. The molecule has 0 fully saturated rings. The number of rotatable bonds is 1. The van der Waals surface area contributed by atoms with Crippen LogP contribution < -0.4 is 0 Å². The van der Waals surface area contributed by atoms with Gasteiger partial charge in [0.1, 0.15) is 4.91 Å². The topological polar surface area (TPSA) is 54.4 Å². The molecule has 0 bridgehead atoms. The standard InChI is InChI=1S/C16H12O3S/c17-20(18,19)16-11-5-7-12-6-1-2-8-13(12)14-9-3-4-10-15(14)16/h1-11H,(H,17,18,19)/b7-5-,11-5?,12-7?,14-13?,16-11?,16-15?. The highest BCUT2D eigenvalue weighted by Gasteiger charge is 2.20. The lowest BCUT2D eigenvalue weighted by Gasteiger charge is -2.15. The largest absolute Gasteiger partial charge is 0.295 e. The highest BCUT2D eigenvalue weighted by atomic mass is 32.2. The third kappa shape index (κ3) is 2.19. The van der Waals surface area contributed by atoms with Gasteiger partial charge in [-0.2, -0.15) is 8.42 Å². The van der Waals surface area contributed by atoms with Gasteiger partial charge in [0, 0.05) is 5.56 Å². The first-order valence-corrected chi connectivity index (χ1v) is 7.56.